The van der Waals surface area contributed by atoms with Crippen LogP contribution in [-0.4, -0.2) is 12.5 Å². The van der Waals surface area contributed by atoms with Crippen molar-refractivity contribution in [2.75, 3.05) is 11.9 Å². The number of anilines is 1. The zero-order valence-corrected chi connectivity index (χ0v) is 19.5. The number of nitriles is 1. The quantitative estimate of drug-likeness (QED) is 0.297. The molecule has 5 nitrogen and oxygen atoms in total. The Hall–Kier alpha value is -3.56. The van der Waals surface area contributed by atoms with E-state index in [0.29, 0.717) is 36.0 Å². The molecule has 3 rings (SSSR count). The first kappa shape index (κ1) is 23.1. The van der Waals surface area contributed by atoms with Crippen molar-refractivity contribution >= 4 is 33.6 Å². The molecule has 1 amide bonds. The maximum absolute atomic E-state index is 12.6. The number of hydrogen-bond acceptors (Lipinski definition) is 4. The van der Waals surface area contributed by atoms with Crippen molar-refractivity contribution in [1.29, 1.82) is 5.26 Å². The van der Waals surface area contributed by atoms with Gasteiger partial charge in [-0.05, 0) is 66.9 Å². The van der Waals surface area contributed by atoms with E-state index in [2.05, 4.69) is 21.2 Å². The molecule has 0 aromatic heterocycles. The second-order valence-electron chi connectivity index (χ2n) is 6.99. The predicted molar refractivity (Wildman–Crippen MR) is 129 cm³/mol. The van der Waals surface area contributed by atoms with Crippen LogP contribution in [0.4, 0.5) is 5.69 Å². The Morgan fingerprint density at radius 3 is 2.50 bits per heavy atom. The van der Waals surface area contributed by atoms with E-state index in [9.17, 15) is 10.1 Å². The summed E-state index contributed by atoms with van der Waals surface area (Å²) >= 11 is 3.42. The van der Waals surface area contributed by atoms with E-state index in [0.717, 1.165) is 15.6 Å². The maximum atomic E-state index is 12.6. The lowest BCUT2D eigenvalue weighted by molar-refractivity contribution is -0.112. The van der Waals surface area contributed by atoms with Gasteiger partial charge in [-0.15, -0.1) is 0 Å². The first-order chi connectivity index (χ1) is 15.5. The molecule has 0 aliphatic rings. The van der Waals surface area contributed by atoms with Gasteiger partial charge < -0.3 is 14.8 Å². The molecule has 0 aliphatic carbocycles. The predicted octanol–water partition coefficient (Wildman–Crippen LogP) is 6.28. The fourth-order valence-electron chi connectivity index (χ4n) is 2.96. The molecule has 162 valence electrons. The number of rotatable bonds is 8. The molecule has 32 heavy (non-hydrogen) atoms. The van der Waals surface area contributed by atoms with E-state index < -0.39 is 5.91 Å². The summed E-state index contributed by atoms with van der Waals surface area (Å²) in [6.45, 7) is 4.63. The highest BCUT2D eigenvalue weighted by atomic mass is 79.9. The first-order valence-electron chi connectivity index (χ1n) is 10.1. The molecule has 3 aromatic rings. The van der Waals surface area contributed by atoms with Crippen LogP contribution in [0.5, 0.6) is 11.5 Å². The Morgan fingerprint density at radius 2 is 1.81 bits per heavy atom. The van der Waals surface area contributed by atoms with Crippen LogP contribution in [0.3, 0.4) is 0 Å². The van der Waals surface area contributed by atoms with Crippen LogP contribution in [0, 0.1) is 18.3 Å². The van der Waals surface area contributed by atoms with Crippen LogP contribution in [0.2, 0.25) is 0 Å². The van der Waals surface area contributed by atoms with Gasteiger partial charge >= 0.3 is 0 Å². The number of carbonyl (C=O) groups is 1. The number of aryl methyl sites for hydroxylation is 1. The van der Waals surface area contributed by atoms with Gasteiger partial charge in [0.25, 0.3) is 5.91 Å². The van der Waals surface area contributed by atoms with Crippen molar-refractivity contribution in [3.8, 4) is 17.6 Å². The highest BCUT2D eigenvalue weighted by molar-refractivity contribution is 9.10. The Balaban J connectivity index is 1.78. The largest absolute Gasteiger partial charge is 0.490 e. The summed E-state index contributed by atoms with van der Waals surface area (Å²) in [4.78, 5) is 12.6. The first-order valence-corrected chi connectivity index (χ1v) is 10.9. The lowest BCUT2D eigenvalue weighted by Crippen LogP contribution is -2.14. The van der Waals surface area contributed by atoms with E-state index in [4.69, 9.17) is 9.47 Å². The number of hydrogen-bond donors (Lipinski definition) is 1. The number of nitrogens with one attached hydrogen (secondary N) is 1. The van der Waals surface area contributed by atoms with Crippen LogP contribution >= 0.6 is 15.9 Å². The molecule has 0 unspecified atom stereocenters. The molecule has 3 aromatic carbocycles. The molecule has 0 aliphatic heterocycles. The van der Waals surface area contributed by atoms with Crippen LogP contribution in [0.1, 0.15) is 23.6 Å². The summed E-state index contributed by atoms with van der Waals surface area (Å²) < 4.78 is 12.7. The van der Waals surface area contributed by atoms with Crippen molar-refractivity contribution < 1.29 is 14.3 Å². The second-order valence-corrected chi connectivity index (χ2v) is 7.91. The van der Waals surface area contributed by atoms with Crippen molar-refractivity contribution in [3.63, 3.8) is 0 Å². The summed E-state index contributed by atoms with van der Waals surface area (Å²) in [6, 6.07) is 22.6. The smallest absolute Gasteiger partial charge is 0.266 e. The van der Waals surface area contributed by atoms with E-state index in [1.807, 2.05) is 62.4 Å². The number of carbonyl (C=O) groups excluding carboxylic acids is 1. The number of amides is 1. The Kier molecular flexibility index (Phi) is 8.07. The SMILES string of the molecule is CCOc1cc(/C=C(/C#N)C(=O)Nc2ccccc2C)ccc1OCc1ccc(Br)cc1. The lowest BCUT2D eigenvalue weighted by Gasteiger charge is -2.13. The van der Waals surface area contributed by atoms with Crippen molar-refractivity contribution in [2.24, 2.45) is 0 Å². The molecular weight excluding hydrogens is 468 g/mol. The fraction of sp³-hybridized carbons (Fsp3) is 0.154. The van der Waals surface area contributed by atoms with E-state index in [1.54, 1.807) is 24.3 Å². The number of ether oxygens (including phenoxy) is 2. The fourth-order valence-corrected chi connectivity index (χ4v) is 3.23. The number of para-hydroxylation sites is 1. The number of nitrogens with zero attached hydrogens (tertiary/aromatic N) is 1. The maximum Gasteiger partial charge on any atom is 0.266 e. The van der Waals surface area contributed by atoms with Crippen molar-refractivity contribution in [2.45, 2.75) is 20.5 Å². The van der Waals surface area contributed by atoms with Gasteiger partial charge in [0, 0.05) is 10.2 Å². The van der Waals surface area contributed by atoms with Gasteiger partial charge in [0.05, 0.1) is 6.61 Å². The summed E-state index contributed by atoms with van der Waals surface area (Å²) in [5.41, 5.74) is 3.29. The Morgan fingerprint density at radius 1 is 1.06 bits per heavy atom. The highest BCUT2D eigenvalue weighted by Crippen LogP contribution is 2.30. The zero-order valence-electron chi connectivity index (χ0n) is 17.9. The summed E-state index contributed by atoms with van der Waals surface area (Å²) in [5.74, 6) is 0.681. The summed E-state index contributed by atoms with van der Waals surface area (Å²) in [5, 5.41) is 12.3. The Bertz CT molecular complexity index is 1160. The lowest BCUT2D eigenvalue weighted by atomic mass is 10.1. The summed E-state index contributed by atoms with van der Waals surface area (Å²) in [6.07, 6.45) is 1.54. The average Bonchev–Trinajstić information content (AvgIpc) is 2.79. The minimum absolute atomic E-state index is 0.000711. The van der Waals surface area contributed by atoms with Gasteiger partial charge in [0.1, 0.15) is 18.2 Å². The minimum atomic E-state index is -0.463. The second kappa shape index (κ2) is 11.2. The van der Waals surface area contributed by atoms with Crippen LogP contribution in [0.25, 0.3) is 6.08 Å². The molecule has 0 atom stereocenters. The number of benzene rings is 3. The standard InChI is InChI=1S/C26H23BrN2O3/c1-3-31-25-15-20(10-13-24(25)32-17-19-8-11-22(27)12-9-19)14-21(16-28)26(30)29-23-7-5-4-6-18(23)2/h4-15H,3,17H2,1-2H3,(H,29,30)/b21-14-. The normalized spacial score (nSPS) is 10.9. The van der Waals surface area contributed by atoms with Gasteiger partial charge in [-0.3, -0.25) is 4.79 Å². The zero-order chi connectivity index (χ0) is 22.9. The van der Waals surface area contributed by atoms with Gasteiger partial charge in [-0.1, -0.05) is 52.3 Å². The van der Waals surface area contributed by atoms with E-state index in [-0.39, 0.29) is 5.57 Å². The summed E-state index contributed by atoms with van der Waals surface area (Å²) in [7, 11) is 0. The third-order valence-electron chi connectivity index (χ3n) is 4.64. The van der Waals surface area contributed by atoms with Gasteiger partial charge in [0.2, 0.25) is 0 Å². The van der Waals surface area contributed by atoms with E-state index in [1.165, 1.54) is 6.08 Å². The third-order valence-corrected chi connectivity index (χ3v) is 5.17. The topological polar surface area (TPSA) is 71.3 Å². The van der Waals surface area contributed by atoms with Gasteiger partial charge in [-0.25, -0.2) is 0 Å². The molecule has 0 spiro atoms. The molecule has 0 heterocycles. The molecule has 0 radical (unpaired) electrons. The van der Waals surface area contributed by atoms with Crippen LogP contribution < -0.4 is 14.8 Å². The molecule has 0 fully saturated rings. The van der Waals surface area contributed by atoms with Crippen LogP contribution in [0.15, 0.2) is 76.8 Å². The van der Waals surface area contributed by atoms with Crippen LogP contribution in [-0.2, 0) is 11.4 Å². The average molecular weight is 491 g/mol. The van der Waals surface area contributed by atoms with E-state index >= 15 is 0 Å². The molecule has 0 bridgehead atoms. The molecular formula is C26H23BrN2O3. The van der Waals surface area contributed by atoms with Gasteiger partial charge in [0.15, 0.2) is 11.5 Å². The molecule has 1 N–H and O–H groups in total. The van der Waals surface area contributed by atoms with Crippen molar-refractivity contribution in [3.05, 3.63) is 93.5 Å². The molecule has 0 saturated carbocycles. The Labute approximate surface area is 196 Å². The number of halogens is 1. The monoisotopic (exact) mass is 490 g/mol. The van der Waals surface area contributed by atoms with Gasteiger partial charge in [-0.2, -0.15) is 5.26 Å². The molecule has 6 heteroatoms. The van der Waals surface area contributed by atoms with Crippen molar-refractivity contribution in [1.82, 2.24) is 0 Å². The highest BCUT2D eigenvalue weighted by Gasteiger charge is 2.12. The minimum Gasteiger partial charge on any atom is -0.490 e. The third kappa shape index (κ3) is 6.22. The molecule has 0 saturated heterocycles.